The van der Waals surface area contributed by atoms with Gasteiger partial charge < -0.3 is 16.0 Å². The van der Waals surface area contributed by atoms with Gasteiger partial charge in [0.25, 0.3) is 0 Å². The van der Waals surface area contributed by atoms with E-state index in [4.69, 9.17) is 0 Å². The van der Waals surface area contributed by atoms with E-state index in [1.54, 1.807) is 0 Å². The summed E-state index contributed by atoms with van der Waals surface area (Å²) in [5.74, 6) is 0.908. The monoisotopic (exact) mass is 446 g/mol. The highest BCUT2D eigenvalue weighted by Crippen LogP contribution is 2.02. The van der Waals surface area contributed by atoms with Crippen LogP contribution >= 0.6 is 24.0 Å². The number of nitrogens with one attached hydrogen (secondary N) is 3. The van der Waals surface area contributed by atoms with Crippen molar-refractivity contribution in [3.05, 3.63) is 35.9 Å². The molecular weight excluding hydrogens is 415 g/mol. The molecule has 1 rings (SSSR count). The van der Waals surface area contributed by atoms with Crippen LogP contribution in [-0.4, -0.2) is 38.0 Å². The Hall–Kier alpha value is -1.31. The van der Waals surface area contributed by atoms with Crippen LogP contribution in [0.15, 0.2) is 35.3 Å². The summed E-state index contributed by atoms with van der Waals surface area (Å²) in [6, 6.07) is 10.5. The minimum atomic E-state index is 0. The molecule has 0 heterocycles. The maximum Gasteiger partial charge on any atom is 0.222 e. The van der Waals surface area contributed by atoms with Crippen LogP contribution in [0, 0.1) is 5.92 Å². The Balaban J connectivity index is 0.00000529. The van der Waals surface area contributed by atoms with Crippen LogP contribution in [0.3, 0.4) is 0 Å². The summed E-state index contributed by atoms with van der Waals surface area (Å²) in [5.41, 5.74) is 1.34. The molecule has 5 nitrogen and oxygen atoms in total. The van der Waals surface area contributed by atoms with Gasteiger partial charge in [0.15, 0.2) is 5.96 Å². The number of hydrogen-bond donors (Lipinski definition) is 3. The van der Waals surface area contributed by atoms with Gasteiger partial charge in [0, 0.05) is 32.1 Å². The fraction of sp³-hybridized carbons (Fsp3) is 0.556. The molecular formula is C18H31IN4O. The van der Waals surface area contributed by atoms with Gasteiger partial charge in [-0.1, -0.05) is 44.2 Å². The molecule has 1 amide bonds. The molecule has 0 aliphatic rings. The summed E-state index contributed by atoms with van der Waals surface area (Å²) in [5, 5.41) is 9.34. The molecule has 0 radical (unpaired) electrons. The van der Waals surface area contributed by atoms with Crippen molar-refractivity contribution in [3.8, 4) is 0 Å². The van der Waals surface area contributed by atoms with E-state index in [2.05, 4.69) is 45.2 Å². The Morgan fingerprint density at radius 3 is 2.38 bits per heavy atom. The third kappa shape index (κ3) is 10.5. The van der Waals surface area contributed by atoms with Crippen LogP contribution in [-0.2, 0) is 11.2 Å². The van der Waals surface area contributed by atoms with E-state index in [1.165, 1.54) is 5.56 Å². The lowest BCUT2D eigenvalue weighted by Gasteiger charge is -2.12. The van der Waals surface area contributed by atoms with E-state index in [1.807, 2.05) is 26.8 Å². The van der Waals surface area contributed by atoms with Gasteiger partial charge in [-0.3, -0.25) is 9.79 Å². The largest absolute Gasteiger partial charge is 0.357 e. The first-order valence-corrected chi connectivity index (χ1v) is 8.47. The number of amides is 1. The number of aryl methyl sites for hydroxylation is 1. The molecule has 0 unspecified atom stereocenters. The normalized spacial score (nSPS) is 10.9. The number of aliphatic imine (C=N–C) groups is 1. The lowest BCUT2D eigenvalue weighted by Crippen LogP contribution is -2.42. The molecule has 6 heteroatoms. The third-order valence-electron chi connectivity index (χ3n) is 3.32. The van der Waals surface area contributed by atoms with Crippen molar-refractivity contribution in [2.75, 3.05) is 26.2 Å². The van der Waals surface area contributed by atoms with E-state index in [0.717, 1.165) is 31.9 Å². The van der Waals surface area contributed by atoms with E-state index in [-0.39, 0.29) is 35.8 Å². The molecule has 0 saturated carbocycles. The molecule has 0 aliphatic carbocycles. The topological polar surface area (TPSA) is 65.5 Å². The standard InChI is InChI=1S/C18H30N4O.HI/c1-4-19-18(22-14-13-20-17(23)15(2)3)21-12-8-11-16-9-6-5-7-10-16;/h5-7,9-10,15H,4,8,11-14H2,1-3H3,(H,20,23)(H2,19,21,22);1H. The maximum atomic E-state index is 11.5. The van der Waals surface area contributed by atoms with Crippen LogP contribution in [0.4, 0.5) is 0 Å². The number of guanidine groups is 1. The summed E-state index contributed by atoms with van der Waals surface area (Å²) in [4.78, 5) is 16.0. The molecule has 3 N–H and O–H groups in total. The number of hydrogen-bond acceptors (Lipinski definition) is 2. The molecule has 0 aliphatic heterocycles. The number of carbonyl (C=O) groups is 1. The van der Waals surface area contributed by atoms with Crippen molar-refractivity contribution in [3.63, 3.8) is 0 Å². The van der Waals surface area contributed by atoms with Gasteiger partial charge in [0.1, 0.15) is 0 Å². The Kier molecular flexibility index (Phi) is 13.3. The number of benzene rings is 1. The zero-order valence-electron chi connectivity index (χ0n) is 15.0. The van der Waals surface area contributed by atoms with Gasteiger partial charge in [0.05, 0.1) is 0 Å². The summed E-state index contributed by atoms with van der Waals surface area (Å²) in [7, 11) is 0. The first-order valence-electron chi connectivity index (χ1n) is 8.47. The zero-order chi connectivity index (χ0) is 16.9. The van der Waals surface area contributed by atoms with Crippen LogP contribution < -0.4 is 16.0 Å². The van der Waals surface area contributed by atoms with Crippen LogP contribution in [0.2, 0.25) is 0 Å². The Bertz CT molecular complexity index is 477. The molecule has 24 heavy (non-hydrogen) atoms. The second kappa shape index (κ2) is 14.1. The lowest BCUT2D eigenvalue weighted by atomic mass is 10.1. The molecule has 136 valence electrons. The molecule has 1 aromatic carbocycles. The molecule has 0 spiro atoms. The third-order valence-corrected chi connectivity index (χ3v) is 3.32. The van der Waals surface area contributed by atoms with Crippen molar-refractivity contribution in [2.45, 2.75) is 33.6 Å². The summed E-state index contributed by atoms with van der Waals surface area (Å²) in [6.45, 7) is 8.70. The smallest absolute Gasteiger partial charge is 0.222 e. The van der Waals surface area contributed by atoms with Gasteiger partial charge in [-0.15, -0.1) is 24.0 Å². The maximum absolute atomic E-state index is 11.5. The van der Waals surface area contributed by atoms with E-state index < -0.39 is 0 Å². The number of carbonyl (C=O) groups excluding carboxylic acids is 1. The van der Waals surface area contributed by atoms with Gasteiger partial charge in [-0.25, -0.2) is 0 Å². The fourth-order valence-corrected chi connectivity index (χ4v) is 2.03. The van der Waals surface area contributed by atoms with Crippen molar-refractivity contribution >= 4 is 35.8 Å². The summed E-state index contributed by atoms with van der Waals surface area (Å²) >= 11 is 0. The molecule has 0 saturated heterocycles. The quantitative estimate of drug-likeness (QED) is 0.237. The Morgan fingerprint density at radius 2 is 1.75 bits per heavy atom. The average Bonchev–Trinajstić information content (AvgIpc) is 2.55. The second-order valence-corrected chi connectivity index (χ2v) is 5.72. The molecule has 0 bridgehead atoms. The number of rotatable bonds is 9. The molecule has 0 atom stereocenters. The van der Waals surface area contributed by atoms with Gasteiger partial charge in [0.2, 0.25) is 5.91 Å². The van der Waals surface area contributed by atoms with Crippen LogP contribution in [0.1, 0.15) is 32.8 Å². The van der Waals surface area contributed by atoms with Crippen molar-refractivity contribution in [2.24, 2.45) is 10.9 Å². The predicted octanol–water partition coefficient (Wildman–Crippen LogP) is 2.56. The summed E-state index contributed by atoms with van der Waals surface area (Å²) < 4.78 is 0. The van der Waals surface area contributed by atoms with Crippen molar-refractivity contribution in [1.29, 1.82) is 0 Å². The fourth-order valence-electron chi connectivity index (χ4n) is 2.03. The average molecular weight is 446 g/mol. The van der Waals surface area contributed by atoms with E-state index in [0.29, 0.717) is 13.1 Å². The first kappa shape index (κ1) is 22.7. The highest BCUT2D eigenvalue weighted by molar-refractivity contribution is 14.0. The summed E-state index contributed by atoms with van der Waals surface area (Å²) in [6.07, 6.45) is 2.05. The lowest BCUT2D eigenvalue weighted by molar-refractivity contribution is -0.123. The molecule has 0 fully saturated rings. The number of nitrogens with zero attached hydrogens (tertiary/aromatic N) is 1. The zero-order valence-corrected chi connectivity index (χ0v) is 17.3. The minimum Gasteiger partial charge on any atom is -0.357 e. The SMILES string of the molecule is CCNC(=NCCCc1ccccc1)NCCNC(=O)C(C)C.I. The van der Waals surface area contributed by atoms with Gasteiger partial charge in [-0.2, -0.15) is 0 Å². The van der Waals surface area contributed by atoms with Crippen molar-refractivity contribution in [1.82, 2.24) is 16.0 Å². The van der Waals surface area contributed by atoms with Crippen LogP contribution in [0.5, 0.6) is 0 Å². The van der Waals surface area contributed by atoms with E-state index in [9.17, 15) is 4.79 Å². The first-order chi connectivity index (χ1) is 11.1. The van der Waals surface area contributed by atoms with E-state index >= 15 is 0 Å². The van der Waals surface area contributed by atoms with Gasteiger partial charge in [-0.05, 0) is 25.3 Å². The van der Waals surface area contributed by atoms with Gasteiger partial charge >= 0.3 is 0 Å². The molecule has 0 aromatic heterocycles. The highest BCUT2D eigenvalue weighted by atomic mass is 127. The Labute approximate surface area is 163 Å². The predicted molar refractivity (Wildman–Crippen MR) is 112 cm³/mol. The Morgan fingerprint density at radius 1 is 1.08 bits per heavy atom. The minimum absolute atomic E-state index is 0. The molecule has 1 aromatic rings. The second-order valence-electron chi connectivity index (χ2n) is 5.72. The number of halogens is 1. The van der Waals surface area contributed by atoms with Crippen LogP contribution in [0.25, 0.3) is 0 Å². The highest BCUT2D eigenvalue weighted by Gasteiger charge is 2.05. The van der Waals surface area contributed by atoms with Crippen molar-refractivity contribution < 1.29 is 4.79 Å².